The molecule has 19 heavy (non-hydrogen) atoms. The van der Waals surface area contributed by atoms with Crippen LogP contribution in [0.1, 0.15) is 52.4 Å². The summed E-state index contributed by atoms with van der Waals surface area (Å²) in [5, 5.41) is 9.27. The normalized spacial score (nSPS) is 30.9. The Labute approximate surface area is 115 Å². The number of piperidine rings is 1. The Hall–Kier alpha value is -1.06. The molecule has 4 nitrogen and oxygen atoms in total. The highest BCUT2D eigenvalue weighted by Gasteiger charge is 2.39. The van der Waals surface area contributed by atoms with Gasteiger partial charge in [0.2, 0.25) is 5.91 Å². The fourth-order valence-electron chi connectivity index (χ4n) is 3.29. The highest BCUT2D eigenvalue weighted by atomic mass is 16.4. The molecule has 2 fully saturated rings. The van der Waals surface area contributed by atoms with Gasteiger partial charge in [0.05, 0.1) is 11.8 Å². The third-order valence-corrected chi connectivity index (χ3v) is 4.83. The zero-order valence-corrected chi connectivity index (χ0v) is 12.0. The molecule has 108 valence electrons. The lowest BCUT2D eigenvalue weighted by Crippen LogP contribution is -2.47. The van der Waals surface area contributed by atoms with Gasteiger partial charge in [0, 0.05) is 13.1 Å². The van der Waals surface area contributed by atoms with Gasteiger partial charge in [-0.15, -0.1) is 0 Å². The molecule has 0 aromatic rings. The second kappa shape index (κ2) is 5.51. The van der Waals surface area contributed by atoms with Crippen LogP contribution in [0.15, 0.2) is 0 Å². The fourth-order valence-corrected chi connectivity index (χ4v) is 3.29. The van der Waals surface area contributed by atoms with Crippen molar-refractivity contribution in [1.29, 1.82) is 0 Å². The van der Waals surface area contributed by atoms with Crippen LogP contribution in [-0.4, -0.2) is 35.0 Å². The number of hydrogen-bond donors (Lipinski definition) is 1. The molecule has 4 heteroatoms. The van der Waals surface area contributed by atoms with Crippen molar-refractivity contribution in [3.63, 3.8) is 0 Å². The summed E-state index contributed by atoms with van der Waals surface area (Å²) in [5.41, 5.74) is 0.315. The standard InChI is InChI=1S/C15H25NO3/c1-15(2)7-9-16(10-8-15)13(17)11-5-3-4-6-12(11)14(18)19/h11-12H,3-10H2,1-2H3,(H,18,19). The van der Waals surface area contributed by atoms with Gasteiger partial charge in [-0.1, -0.05) is 26.7 Å². The van der Waals surface area contributed by atoms with Crippen molar-refractivity contribution in [1.82, 2.24) is 4.90 Å². The molecule has 1 amide bonds. The van der Waals surface area contributed by atoms with Crippen molar-refractivity contribution in [2.75, 3.05) is 13.1 Å². The highest BCUT2D eigenvalue weighted by molar-refractivity contribution is 5.85. The second-order valence-corrected chi connectivity index (χ2v) is 6.83. The van der Waals surface area contributed by atoms with Crippen LogP contribution in [0.2, 0.25) is 0 Å². The molecule has 2 atom stereocenters. The number of hydrogen-bond acceptors (Lipinski definition) is 2. The van der Waals surface area contributed by atoms with Crippen molar-refractivity contribution in [2.45, 2.75) is 52.4 Å². The topological polar surface area (TPSA) is 57.6 Å². The summed E-state index contributed by atoms with van der Waals surface area (Å²) in [6.45, 7) is 6.04. The minimum atomic E-state index is -0.796. The lowest BCUT2D eigenvalue weighted by molar-refractivity contribution is -0.153. The molecule has 1 aliphatic heterocycles. The van der Waals surface area contributed by atoms with Crippen molar-refractivity contribution in [3.05, 3.63) is 0 Å². The largest absolute Gasteiger partial charge is 0.481 e. The third kappa shape index (κ3) is 3.28. The lowest BCUT2D eigenvalue weighted by Gasteiger charge is -2.40. The summed E-state index contributed by atoms with van der Waals surface area (Å²) in [6.07, 6.45) is 5.36. The Morgan fingerprint density at radius 1 is 1.05 bits per heavy atom. The number of carbonyl (C=O) groups is 2. The van der Waals surface area contributed by atoms with E-state index in [0.29, 0.717) is 11.8 Å². The van der Waals surface area contributed by atoms with E-state index in [9.17, 15) is 14.7 Å². The molecular weight excluding hydrogens is 242 g/mol. The Balaban J connectivity index is 2.00. The van der Waals surface area contributed by atoms with Gasteiger partial charge in [-0.25, -0.2) is 0 Å². The molecule has 0 radical (unpaired) electrons. The molecule has 2 aliphatic rings. The maximum absolute atomic E-state index is 12.5. The Morgan fingerprint density at radius 2 is 1.58 bits per heavy atom. The van der Waals surface area contributed by atoms with Crippen molar-refractivity contribution < 1.29 is 14.7 Å². The first-order valence-electron chi connectivity index (χ1n) is 7.42. The number of aliphatic carboxylic acids is 1. The summed E-state index contributed by atoms with van der Waals surface area (Å²) in [4.78, 5) is 25.7. The van der Waals surface area contributed by atoms with Crippen molar-refractivity contribution in [3.8, 4) is 0 Å². The summed E-state index contributed by atoms with van der Waals surface area (Å²) in [7, 11) is 0. The van der Waals surface area contributed by atoms with E-state index < -0.39 is 11.9 Å². The molecule has 0 aromatic carbocycles. The zero-order valence-electron chi connectivity index (χ0n) is 12.0. The maximum Gasteiger partial charge on any atom is 0.307 e. The van der Waals surface area contributed by atoms with Crippen LogP contribution in [0.4, 0.5) is 0 Å². The zero-order chi connectivity index (χ0) is 14.0. The highest BCUT2D eigenvalue weighted by Crippen LogP contribution is 2.35. The summed E-state index contributed by atoms with van der Waals surface area (Å²) >= 11 is 0. The quantitative estimate of drug-likeness (QED) is 0.836. The SMILES string of the molecule is CC1(C)CCN(C(=O)C2CCCCC2C(=O)O)CC1. The number of likely N-dealkylation sites (tertiary alicyclic amines) is 1. The monoisotopic (exact) mass is 267 g/mol. The van der Waals surface area contributed by atoms with Gasteiger partial charge in [-0.2, -0.15) is 0 Å². The minimum Gasteiger partial charge on any atom is -0.481 e. The van der Waals surface area contributed by atoms with E-state index in [1.807, 2.05) is 4.90 Å². The van der Waals surface area contributed by atoms with Gasteiger partial charge >= 0.3 is 5.97 Å². The van der Waals surface area contributed by atoms with Gasteiger partial charge in [-0.3, -0.25) is 9.59 Å². The van der Waals surface area contributed by atoms with Gasteiger partial charge < -0.3 is 10.0 Å². The third-order valence-electron chi connectivity index (χ3n) is 4.83. The number of amides is 1. The molecule has 2 rings (SSSR count). The second-order valence-electron chi connectivity index (χ2n) is 6.83. The lowest BCUT2D eigenvalue weighted by atomic mass is 9.77. The van der Waals surface area contributed by atoms with Crippen molar-refractivity contribution in [2.24, 2.45) is 17.3 Å². The molecule has 1 aliphatic carbocycles. The molecule has 1 N–H and O–H groups in total. The molecule has 0 bridgehead atoms. The number of carboxylic acids is 1. The van der Waals surface area contributed by atoms with Crippen LogP contribution in [-0.2, 0) is 9.59 Å². The predicted molar refractivity (Wildman–Crippen MR) is 72.7 cm³/mol. The van der Waals surface area contributed by atoms with Crippen LogP contribution < -0.4 is 0 Å². The first kappa shape index (κ1) is 14.4. The van der Waals surface area contributed by atoms with Gasteiger partial charge in [0.15, 0.2) is 0 Å². The average Bonchev–Trinajstić information content (AvgIpc) is 2.38. The molecule has 2 unspecified atom stereocenters. The molecule has 0 aromatic heterocycles. The van der Waals surface area contributed by atoms with Gasteiger partial charge in [0.25, 0.3) is 0 Å². The summed E-state index contributed by atoms with van der Waals surface area (Å²) in [5.74, 6) is -1.46. The van der Waals surface area contributed by atoms with E-state index in [0.717, 1.165) is 45.2 Å². The minimum absolute atomic E-state index is 0.0857. The number of rotatable bonds is 2. The first-order valence-corrected chi connectivity index (χ1v) is 7.42. The van der Waals surface area contributed by atoms with Gasteiger partial charge in [0.1, 0.15) is 0 Å². The van der Waals surface area contributed by atoms with Crippen LogP contribution in [0.5, 0.6) is 0 Å². The van der Waals surface area contributed by atoms with Crippen LogP contribution >= 0.6 is 0 Å². The van der Waals surface area contributed by atoms with Crippen LogP contribution in [0.25, 0.3) is 0 Å². The van der Waals surface area contributed by atoms with E-state index in [-0.39, 0.29) is 11.8 Å². The Kier molecular flexibility index (Phi) is 4.16. The molecule has 0 spiro atoms. The van der Waals surface area contributed by atoms with E-state index in [1.54, 1.807) is 0 Å². The van der Waals surface area contributed by atoms with Crippen molar-refractivity contribution >= 4 is 11.9 Å². The van der Waals surface area contributed by atoms with E-state index in [1.165, 1.54) is 0 Å². The molecule has 1 saturated heterocycles. The molecule has 1 heterocycles. The smallest absolute Gasteiger partial charge is 0.307 e. The fraction of sp³-hybridized carbons (Fsp3) is 0.867. The number of carboxylic acid groups (broad SMARTS) is 1. The van der Waals surface area contributed by atoms with E-state index in [4.69, 9.17) is 0 Å². The number of carbonyl (C=O) groups excluding carboxylic acids is 1. The number of nitrogens with zero attached hydrogens (tertiary/aromatic N) is 1. The summed E-state index contributed by atoms with van der Waals surface area (Å²) in [6, 6.07) is 0. The summed E-state index contributed by atoms with van der Waals surface area (Å²) < 4.78 is 0. The van der Waals surface area contributed by atoms with E-state index >= 15 is 0 Å². The molecule has 1 saturated carbocycles. The van der Waals surface area contributed by atoms with Crippen LogP contribution in [0.3, 0.4) is 0 Å². The first-order chi connectivity index (χ1) is 8.91. The maximum atomic E-state index is 12.5. The van der Waals surface area contributed by atoms with Gasteiger partial charge in [-0.05, 0) is 31.1 Å². The molecular formula is C15H25NO3. The predicted octanol–water partition coefficient (Wildman–Crippen LogP) is 2.53. The Bertz CT molecular complexity index is 354. The van der Waals surface area contributed by atoms with Crippen LogP contribution in [0, 0.1) is 17.3 Å². The average molecular weight is 267 g/mol. The van der Waals surface area contributed by atoms with E-state index in [2.05, 4.69) is 13.8 Å². The Morgan fingerprint density at radius 3 is 2.11 bits per heavy atom.